The first kappa shape index (κ1) is 15.2. The van der Waals surface area contributed by atoms with Gasteiger partial charge in [-0.15, -0.1) is 0 Å². The van der Waals surface area contributed by atoms with E-state index in [0.717, 1.165) is 17.4 Å². The van der Waals surface area contributed by atoms with E-state index in [4.69, 9.17) is 9.47 Å². The molecule has 20 heavy (non-hydrogen) atoms. The fourth-order valence-electron chi connectivity index (χ4n) is 3.28. The average molecular weight is 277 g/mol. The van der Waals surface area contributed by atoms with Gasteiger partial charge in [0.25, 0.3) is 0 Å². The van der Waals surface area contributed by atoms with Gasteiger partial charge in [0.15, 0.2) is 11.5 Å². The van der Waals surface area contributed by atoms with Gasteiger partial charge in [-0.25, -0.2) is 0 Å². The maximum absolute atomic E-state index is 5.39. The molecule has 0 bridgehead atoms. The normalized spacial score (nSPS) is 23.6. The van der Waals surface area contributed by atoms with Crippen molar-refractivity contribution < 1.29 is 9.47 Å². The van der Waals surface area contributed by atoms with Gasteiger partial charge in [-0.05, 0) is 43.4 Å². The van der Waals surface area contributed by atoms with E-state index in [9.17, 15) is 0 Å². The van der Waals surface area contributed by atoms with E-state index >= 15 is 0 Å². The first-order valence-electron chi connectivity index (χ1n) is 7.67. The summed E-state index contributed by atoms with van der Waals surface area (Å²) in [5, 5.41) is 3.79. The van der Waals surface area contributed by atoms with Crippen molar-refractivity contribution in [3.63, 3.8) is 0 Å². The summed E-state index contributed by atoms with van der Waals surface area (Å²) < 4.78 is 10.7. The molecule has 1 aliphatic carbocycles. The third kappa shape index (κ3) is 3.26. The van der Waals surface area contributed by atoms with Crippen LogP contribution in [0.4, 0.5) is 0 Å². The first-order valence-corrected chi connectivity index (χ1v) is 7.67. The molecule has 0 saturated heterocycles. The highest BCUT2D eigenvalue weighted by atomic mass is 16.5. The predicted octanol–water partition coefficient (Wildman–Crippen LogP) is 3.93. The van der Waals surface area contributed by atoms with E-state index in [1.54, 1.807) is 14.2 Å². The Morgan fingerprint density at radius 1 is 1.20 bits per heavy atom. The molecule has 2 rings (SSSR count). The molecule has 112 valence electrons. The Kier molecular flexibility index (Phi) is 5.30. The number of hydrogen-bond acceptors (Lipinski definition) is 3. The van der Waals surface area contributed by atoms with Gasteiger partial charge in [0.2, 0.25) is 0 Å². The smallest absolute Gasteiger partial charge is 0.161 e. The fraction of sp³-hybridized carbons (Fsp3) is 0.647. The quantitative estimate of drug-likeness (QED) is 0.854. The zero-order valence-corrected chi connectivity index (χ0v) is 13.1. The Labute approximate surface area is 122 Å². The molecule has 1 aromatic carbocycles. The molecule has 1 saturated carbocycles. The standard InChI is InChI=1S/C17H27NO2/c1-5-13-7-6-8-15(13)18-12(2)14-9-10-16(19-3)17(11-14)20-4/h9-13,15,18H,5-8H2,1-4H3. The van der Waals surface area contributed by atoms with Gasteiger partial charge < -0.3 is 14.8 Å². The van der Waals surface area contributed by atoms with Crippen LogP contribution in [0.15, 0.2) is 18.2 Å². The first-order chi connectivity index (χ1) is 9.69. The second kappa shape index (κ2) is 6.98. The number of benzene rings is 1. The summed E-state index contributed by atoms with van der Waals surface area (Å²) in [5.74, 6) is 2.42. The van der Waals surface area contributed by atoms with Crippen LogP contribution in [0.3, 0.4) is 0 Å². The van der Waals surface area contributed by atoms with Crippen LogP contribution in [-0.2, 0) is 0 Å². The Morgan fingerprint density at radius 3 is 2.60 bits per heavy atom. The van der Waals surface area contributed by atoms with Gasteiger partial charge in [0, 0.05) is 12.1 Å². The fourth-order valence-corrected chi connectivity index (χ4v) is 3.28. The van der Waals surface area contributed by atoms with Gasteiger partial charge in [0.1, 0.15) is 0 Å². The summed E-state index contributed by atoms with van der Waals surface area (Å²) in [6.07, 6.45) is 5.30. The number of hydrogen-bond donors (Lipinski definition) is 1. The number of rotatable bonds is 6. The highest BCUT2D eigenvalue weighted by Crippen LogP contribution is 2.33. The Morgan fingerprint density at radius 2 is 1.95 bits per heavy atom. The third-order valence-corrected chi connectivity index (χ3v) is 4.56. The van der Waals surface area contributed by atoms with E-state index in [2.05, 4.69) is 31.3 Å². The molecule has 0 aliphatic heterocycles. The molecule has 1 aliphatic rings. The lowest BCUT2D eigenvalue weighted by Crippen LogP contribution is -2.34. The zero-order chi connectivity index (χ0) is 14.5. The van der Waals surface area contributed by atoms with E-state index < -0.39 is 0 Å². The zero-order valence-electron chi connectivity index (χ0n) is 13.1. The van der Waals surface area contributed by atoms with E-state index in [0.29, 0.717) is 12.1 Å². The van der Waals surface area contributed by atoms with Gasteiger partial charge >= 0.3 is 0 Å². The van der Waals surface area contributed by atoms with Crippen molar-refractivity contribution >= 4 is 0 Å². The van der Waals surface area contributed by atoms with Gasteiger partial charge in [-0.3, -0.25) is 0 Å². The average Bonchev–Trinajstić information content (AvgIpc) is 2.93. The minimum Gasteiger partial charge on any atom is -0.493 e. The molecular formula is C17H27NO2. The third-order valence-electron chi connectivity index (χ3n) is 4.56. The van der Waals surface area contributed by atoms with Crippen LogP contribution in [0.2, 0.25) is 0 Å². The monoisotopic (exact) mass is 277 g/mol. The van der Waals surface area contributed by atoms with Gasteiger partial charge in [-0.1, -0.05) is 25.8 Å². The lowest BCUT2D eigenvalue weighted by molar-refractivity contribution is 0.348. The summed E-state index contributed by atoms with van der Waals surface area (Å²) in [6, 6.07) is 7.18. The maximum Gasteiger partial charge on any atom is 0.161 e. The SMILES string of the molecule is CCC1CCCC1NC(C)c1ccc(OC)c(OC)c1. The minimum absolute atomic E-state index is 0.340. The van der Waals surface area contributed by atoms with Crippen molar-refractivity contribution in [2.24, 2.45) is 5.92 Å². The molecule has 0 amide bonds. The van der Waals surface area contributed by atoms with E-state index in [1.165, 1.54) is 31.2 Å². The number of nitrogens with one attached hydrogen (secondary N) is 1. The van der Waals surface area contributed by atoms with Crippen molar-refractivity contribution in [2.45, 2.75) is 51.6 Å². The highest BCUT2D eigenvalue weighted by Gasteiger charge is 2.27. The van der Waals surface area contributed by atoms with Crippen LogP contribution in [-0.4, -0.2) is 20.3 Å². The molecule has 0 heterocycles. The summed E-state index contributed by atoms with van der Waals surface area (Å²) in [7, 11) is 3.35. The molecule has 3 unspecified atom stereocenters. The molecule has 0 radical (unpaired) electrons. The van der Waals surface area contributed by atoms with Crippen molar-refractivity contribution in [1.82, 2.24) is 5.32 Å². The molecule has 3 nitrogen and oxygen atoms in total. The molecular weight excluding hydrogens is 250 g/mol. The molecule has 1 aromatic rings. The second-order valence-corrected chi connectivity index (χ2v) is 5.71. The lowest BCUT2D eigenvalue weighted by Gasteiger charge is -2.25. The van der Waals surface area contributed by atoms with Crippen LogP contribution >= 0.6 is 0 Å². The Bertz CT molecular complexity index is 433. The second-order valence-electron chi connectivity index (χ2n) is 5.71. The van der Waals surface area contributed by atoms with Gasteiger partial charge in [-0.2, -0.15) is 0 Å². The number of ether oxygens (including phenoxy) is 2. The number of methoxy groups -OCH3 is 2. The molecule has 3 heteroatoms. The summed E-state index contributed by atoms with van der Waals surface area (Å²) in [4.78, 5) is 0. The van der Waals surface area contributed by atoms with Crippen LogP contribution in [0.5, 0.6) is 11.5 Å². The van der Waals surface area contributed by atoms with E-state index in [1.807, 2.05) is 6.07 Å². The van der Waals surface area contributed by atoms with Crippen molar-refractivity contribution in [1.29, 1.82) is 0 Å². The van der Waals surface area contributed by atoms with Crippen LogP contribution in [0.25, 0.3) is 0 Å². The van der Waals surface area contributed by atoms with E-state index in [-0.39, 0.29) is 0 Å². The molecule has 1 N–H and O–H groups in total. The van der Waals surface area contributed by atoms with Crippen molar-refractivity contribution in [3.05, 3.63) is 23.8 Å². The van der Waals surface area contributed by atoms with Crippen LogP contribution in [0, 0.1) is 5.92 Å². The topological polar surface area (TPSA) is 30.5 Å². The summed E-state index contributed by atoms with van der Waals surface area (Å²) in [5.41, 5.74) is 1.25. The lowest BCUT2D eigenvalue weighted by atomic mass is 9.98. The molecule has 1 fully saturated rings. The predicted molar refractivity (Wildman–Crippen MR) is 82.5 cm³/mol. The van der Waals surface area contributed by atoms with Gasteiger partial charge in [0.05, 0.1) is 14.2 Å². The largest absolute Gasteiger partial charge is 0.493 e. The minimum atomic E-state index is 0.340. The summed E-state index contributed by atoms with van der Waals surface area (Å²) in [6.45, 7) is 4.53. The Hall–Kier alpha value is -1.22. The Balaban J connectivity index is 2.07. The van der Waals surface area contributed by atoms with Crippen LogP contribution in [0.1, 0.15) is 51.1 Å². The molecule has 0 aromatic heterocycles. The van der Waals surface area contributed by atoms with Crippen molar-refractivity contribution in [2.75, 3.05) is 14.2 Å². The molecule has 0 spiro atoms. The molecule has 3 atom stereocenters. The maximum atomic E-state index is 5.39. The van der Waals surface area contributed by atoms with Crippen LogP contribution < -0.4 is 14.8 Å². The highest BCUT2D eigenvalue weighted by molar-refractivity contribution is 5.43. The summed E-state index contributed by atoms with van der Waals surface area (Å²) >= 11 is 0. The van der Waals surface area contributed by atoms with Crippen molar-refractivity contribution in [3.8, 4) is 11.5 Å².